The molecule has 0 spiro atoms. The minimum atomic E-state index is -0.422. The SMILES string of the molecule is CCCc1nc2ccccc2c(=O)n1-c1ccccc1F. The van der Waals surface area contributed by atoms with Crippen molar-refractivity contribution < 1.29 is 4.39 Å². The molecule has 0 aliphatic carbocycles. The Morgan fingerprint density at radius 2 is 1.81 bits per heavy atom. The second-order valence-electron chi connectivity index (χ2n) is 4.89. The van der Waals surface area contributed by atoms with Gasteiger partial charge in [-0.25, -0.2) is 9.37 Å². The lowest BCUT2D eigenvalue weighted by molar-refractivity contribution is 0.610. The average molecular weight is 282 g/mol. The van der Waals surface area contributed by atoms with Crippen LogP contribution in [0.3, 0.4) is 0 Å². The first-order chi connectivity index (χ1) is 10.2. The van der Waals surface area contributed by atoms with E-state index in [4.69, 9.17) is 0 Å². The lowest BCUT2D eigenvalue weighted by Crippen LogP contribution is -2.24. The highest BCUT2D eigenvalue weighted by Crippen LogP contribution is 2.16. The van der Waals surface area contributed by atoms with Crippen LogP contribution in [-0.2, 0) is 6.42 Å². The van der Waals surface area contributed by atoms with Gasteiger partial charge in [0.2, 0.25) is 0 Å². The zero-order chi connectivity index (χ0) is 14.8. The highest BCUT2D eigenvalue weighted by molar-refractivity contribution is 5.77. The predicted molar refractivity (Wildman–Crippen MR) is 81.3 cm³/mol. The number of hydrogen-bond acceptors (Lipinski definition) is 2. The van der Waals surface area contributed by atoms with Gasteiger partial charge in [-0.15, -0.1) is 0 Å². The molecule has 0 saturated heterocycles. The summed E-state index contributed by atoms with van der Waals surface area (Å²) >= 11 is 0. The highest BCUT2D eigenvalue weighted by Gasteiger charge is 2.14. The van der Waals surface area contributed by atoms with E-state index < -0.39 is 5.82 Å². The number of benzene rings is 2. The number of fused-ring (bicyclic) bond motifs is 1. The molecule has 0 aliphatic heterocycles. The summed E-state index contributed by atoms with van der Waals surface area (Å²) in [5.74, 6) is 0.167. The molecule has 0 amide bonds. The lowest BCUT2D eigenvalue weighted by atomic mass is 10.2. The van der Waals surface area contributed by atoms with Crippen molar-refractivity contribution in [3.05, 3.63) is 70.5 Å². The van der Waals surface area contributed by atoms with Crippen LogP contribution in [0.2, 0.25) is 0 Å². The molecule has 3 nitrogen and oxygen atoms in total. The van der Waals surface area contributed by atoms with Gasteiger partial charge in [0.25, 0.3) is 5.56 Å². The highest BCUT2D eigenvalue weighted by atomic mass is 19.1. The minimum absolute atomic E-state index is 0.228. The van der Waals surface area contributed by atoms with Crippen molar-refractivity contribution in [3.8, 4) is 5.69 Å². The standard InChI is InChI=1S/C17H15FN2O/c1-2-7-16-19-14-10-5-3-8-12(14)17(21)20(16)15-11-6-4-9-13(15)18/h3-6,8-11H,2,7H2,1H3. The number of aryl methyl sites for hydroxylation is 1. The molecule has 0 saturated carbocycles. The Balaban J connectivity index is 2.40. The Morgan fingerprint density at radius 3 is 2.57 bits per heavy atom. The third-order valence-electron chi connectivity index (χ3n) is 3.41. The van der Waals surface area contributed by atoms with Gasteiger partial charge < -0.3 is 0 Å². The predicted octanol–water partition coefficient (Wildman–Crippen LogP) is 3.48. The Bertz CT molecular complexity index is 855. The van der Waals surface area contributed by atoms with Gasteiger partial charge >= 0.3 is 0 Å². The summed E-state index contributed by atoms with van der Waals surface area (Å²) in [6, 6.07) is 13.4. The molecule has 4 heteroatoms. The number of nitrogens with zero attached hydrogens (tertiary/aromatic N) is 2. The Kier molecular flexibility index (Phi) is 3.52. The first-order valence-electron chi connectivity index (χ1n) is 6.98. The largest absolute Gasteiger partial charge is 0.268 e. The third kappa shape index (κ3) is 2.33. The molecular weight excluding hydrogens is 267 g/mol. The van der Waals surface area contributed by atoms with E-state index in [1.807, 2.05) is 19.1 Å². The van der Waals surface area contributed by atoms with Crippen LogP contribution in [0, 0.1) is 5.82 Å². The number of para-hydroxylation sites is 2. The monoisotopic (exact) mass is 282 g/mol. The first kappa shape index (κ1) is 13.5. The molecule has 0 fully saturated rings. The van der Waals surface area contributed by atoms with Gasteiger partial charge in [-0.3, -0.25) is 9.36 Å². The zero-order valence-corrected chi connectivity index (χ0v) is 11.7. The number of rotatable bonds is 3. The molecule has 2 aromatic carbocycles. The van der Waals surface area contributed by atoms with E-state index in [1.165, 1.54) is 10.6 Å². The van der Waals surface area contributed by atoms with Crippen LogP contribution in [0.15, 0.2) is 53.3 Å². The Labute approximate surface area is 121 Å². The maximum atomic E-state index is 14.1. The molecule has 0 N–H and O–H groups in total. The molecule has 0 bridgehead atoms. The Morgan fingerprint density at radius 1 is 1.10 bits per heavy atom. The van der Waals surface area contributed by atoms with Crippen molar-refractivity contribution in [2.75, 3.05) is 0 Å². The van der Waals surface area contributed by atoms with E-state index in [2.05, 4.69) is 4.98 Å². The normalized spacial score (nSPS) is 11.0. The van der Waals surface area contributed by atoms with Crippen LogP contribution in [0.25, 0.3) is 16.6 Å². The topological polar surface area (TPSA) is 34.9 Å². The van der Waals surface area contributed by atoms with Crippen molar-refractivity contribution in [1.29, 1.82) is 0 Å². The van der Waals surface area contributed by atoms with Crippen LogP contribution in [0.1, 0.15) is 19.2 Å². The second-order valence-corrected chi connectivity index (χ2v) is 4.89. The molecule has 0 unspecified atom stereocenters. The van der Waals surface area contributed by atoms with Gasteiger partial charge in [0, 0.05) is 6.42 Å². The third-order valence-corrected chi connectivity index (χ3v) is 3.41. The molecule has 1 heterocycles. The van der Waals surface area contributed by atoms with E-state index in [-0.39, 0.29) is 11.2 Å². The van der Waals surface area contributed by atoms with Crippen LogP contribution in [0.5, 0.6) is 0 Å². The summed E-state index contributed by atoms with van der Waals surface area (Å²) in [6.45, 7) is 2.01. The summed E-state index contributed by atoms with van der Waals surface area (Å²) in [5, 5.41) is 0.501. The van der Waals surface area contributed by atoms with E-state index in [1.54, 1.807) is 30.3 Å². The van der Waals surface area contributed by atoms with E-state index >= 15 is 0 Å². The smallest absolute Gasteiger partial charge is 0.266 e. The molecule has 21 heavy (non-hydrogen) atoms. The van der Waals surface area contributed by atoms with Gasteiger partial charge in [-0.2, -0.15) is 0 Å². The van der Waals surface area contributed by atoms with Crippen molar-refractivity contribution in [2.24, 2.45) is 0 Å². The van der Waals surface area contributed by atoms with Crippen LogP contribution >= 0.6 is 0 Å². The Hall–Kier alpha value is -2.49. The zero-order valence-electron chi connectivity index (χ0n) is 11.7. The maximum absolute atomic E-state index is 14.1. The molecule has 0 radical (unpaired) electrons. The summed E-state index contributed by atoms with van der Waals surface area (Å²) < 4.78 is 15.5. The van der Waals surface area contributed by atoms with Crippen LogP contribution in [0.4, 0.5) is 4.39 Å². The quantitative estimate of drug-likeness (QED) is 0.737. The van der Waals surface area contributed by atoms with E-state index in [9.17, 15) is 9.18 Å². The summed E-state index contributed by atoms with van der Waals surface area (Å²) in [6.07, 6.45) is 1.45. The van der Waals surface area contributed by atoms with Gasteiger partial charge in [-0.05, 0) is 30.7 Å². The molecule has 1 aromatic heterocycles. The molecule has 106 valence electrons. The fraction of sp³-hybridized carbons (Fsp3) is 0.176. The molecular formula is C17H15FN2O. The molecule has 0 atom stereocenters. The molecule has 3 aromatic rings. The van der Waals surface area contributed by atoms with E-state index in [0.717, 1.165) is 6.42 Å². The molecule has 3 rings (SSSR count). The summed E-state index contributed by atoms with van der Waals surface area (Å²) in [5.41, 5.74) is 0.678. The van der Waals surface area contributed by atoms with Crippen LogP contribution in [-0.4, -0.2) is 9.55 Å². The van der Waals surface area contributed by atoms with Gasteiger partial charge in [-0.1, -0.05) is 31.2 Å². The van der Waals surface area contributed by atoms with E-state index in [0.29, 0.717) is 23.1 Å². The number of aromatic nitrogens is 2. The maximum Gasteiger partial charge on any atom is 0.266 e. The molecule has 0 aliphatic rings. The van der Waals surface area contributed by atoms with Gasteiger partial charge in [0.1, 0.15) is 11.6 Å². The summed E-state index contributed by atoms with van der Waals surface area (Å²) in [7, 11) is 0. The van der Waals surface area contributed by atoms with Gasteiger partial charge in [0.05, 0.1) is 16.6 Å². The van der Waals surface area contributed by atoms with Gasteiger partial charge in [0.15, 0.2) is 0 Å². The van der Waals surface area contributed by atoms with Crippen LogP contribution < -0.4 is 5.56 Å². The number of halogens is 1. The minimum Gasteiger partial charge on any atom is -0.268 e. The van der Waals surface area contributed by atoms with Crippen molar-refractivity contribution in [1.82, 2.24) is 9.55 Å². The fourth-order valence-electron chi connectivity index (χ4n) is 2.45. The van der Waals surface area contributed by atoms with Crippen molar-refractivity contribution >= 4 is 10.9 Å². The van der Waals surface area contributed by atoms with Crippen molar-refractivity contribution in [2.45, 2.75) is 19.8 Å². The second kappa shape index (κ2) is 5.48. The first-order valence-corrected chi connectivity index (χ1v) is 6.98. The van der Waals surface area contributed by atoms with Crippen molar-refractivity contribution in [3.63, 3.8) is 0 Å². The fourth-order valence-corrected chi connectivity index (χ4v) is 2.45. The number of hydrogen-bond donors (Lipinski definition) is 0. The average Bonchev–Trinajstić information content (AvgIpc) is 2.49. The lowest BCUT2D eigenvalue weighted by Gasteiger charge is -2.13. The summed E-state index contributed by atoms with van der Waals surface area (Å²) in [4.78, 5) is 17.3.